The Balaban J connectivity index is 1.70. The highest BCUT2D eigenvalue weighted by Crippen LogP contribution is 2.34. The minimum Gasteiger partial charge on any atom is -0.486 e. The zero-order valence-electron chi connectivity index (χ0n) is 18.0. The summed E-state index contributed by atoms with van der Waals surface area (Å²) < 4.78 is 11.9. The molecule has 2 heterocycles. The van der Waals surface area contributed by atoms with E-state index in [1.807, 2.05) is 20.8 Å². The van der Waals surface area contributed by atoms with Gasteiger partial charge >= 0.3 is 6.09 Å². The van der Waals surface area contributed by atoms with E-state index in [9.17, 15) is 4.79 Å². The minimum absolute atomic E-state index is 0.000848. The van der Waals surface area contributed by atoms with Gasteiger partial charge in [-0.25, -0.2) is 4.79 Å². The zero-order chi connectivity index (χ0) is 20.3. The first-order valence-electron chi connectivity index (χ1n) is 10.5. The fourth-order valence-electron chi connectivity index (χ4n) is 3.64. The van der Waals surface area contributed by atoms with Crippen LogP contribution >= 0.6 is 0 Å². The first-order chi connectivity index (χ1) is 13.2. The number of carbonyl (C=O) groups is 1. The third kappa shape index (κ3) is 5.31. The topological polar surface area (TPSA) is 54.0 Å². The molecule has 3 rings (SSSR count). The molecule has 1 aromatic rings. The molecule has 0 saturated carbocycles. The van der Waals surface area contributed by atoms with Crippen molar-refractivity contribution in [3.05, 3.63) is 23.8 Å². The molecule has 28 heavy (non-hydrogen) atoms. The monoisotopic (exact) mass is 389 g/mol. The number of piperazine rings is 1. The Morgan fingerprint density at radius 3 is 2.54 bits per heavy atom. The summed E-state index contributed by atoms with van der Waals surface area (Å²) in [6.07, 6.45) is 0.571. The molecule has 1 amide bonds. The van der Waals surface area contributed by atoms with Crippen LogP contribution in [0.2, 0.25) is 0 Å². The lowest BCUT2D eigenvalue weighted by Crippen LogP contribution is -2.43. The van der Waals surface area contributed by atoms with Crippen LogP contribution in [0.1, 0.15) is 52.5 Å². The molecule has 2 fully saturated rings. The minimum atomic E-state index is -0.474. The van der Waals surface area contributed by atoms with Crippen molar-refractivity contribution >= 4 is 11.8 Å². The molecule has 6 nitrogen and oxygen atoms in total. The van der Waals surface area contributed by atoms with Crippen LogP contribution in [0.3, 0.4) is 0 Å². The number of anilines is 1. The van der Waals surface area contributed by atoms with Crippen molar-refractivity contribution in [2.75, 3.05) is 44.2 Å². The van der Waals surface area contributed by atoms with Gasteiger partial charge in [0, 0.05) is 39.1 Å². The van der Waals surface area contributed by atoms with E-state index in [4.69, 9.17) is 9.47 Å². The summed E-state index contributed by atoms with van der Waals surface area (Å²) in [5, 5.41) is 3.41. The van der Waals surface area contributed by atoms with Crippen molar-refractivity contribution < 1.29 is 14.3 Å². The second kappa shape index (κ2) is 8.60. The number of hydrogen-bond acceptors (Lipinski definition) is 5. The molecule has 0 bridgehead atoms. The zero-order valence-corrected chi connectivity index (χ0v) is 18.0. The molecular formula is C22H35N3O3. The normalized spacial score (nSPS) is 20.6. The lowest BCUT2D eigenvalue weighted by Gasteiger charge is -2.32. The summed E-state index contributed by atoms with van der Waals surface area (Å²) in [6.45, 7) is 15.3. The molecule has 0 spiro atoms. The lowest BCUT2D eigenvalue weighted by molar-refractivity contribution is 0.0276. The number of likely N-dealkylation sites (tertiary alicyclic amines) is 1. The smallest absolute Gasteiger partial charge is 0.410 e. The molecule has 156 valence electrons. The van der Waals surface area contributed by atoms with E-state index < -0.39 is 5.60 Å². The van der Waals surface area contributed by atoms with Crippen molar-refractivity contribution in [2.24, 2.45) is 0 Å². The maximum atomic E-state index is 12.3. The average molecular weight is 390 g/mol. The van der Waals surface area contributed by atoms with Crippen molar-refractivity contribution in [1.82, 2.24) is 10.2 Å². The van der Waals surface area contributed by atoms with E-state index in [0.717, 1.165) is 38.3 Å². The van der Waals surface area contributed by atoms with Crippen molar-refractivity contribution in [3.8, 4) is 5.75 Å². The predicted molar refractivity (Wildman–Crippen MR) is 112 cm³/mol. The summed E-state index contributed by atoms with van der Waals surface area (Å²) in [5.41, 5.74) is 2.02. The first-order valence-corrected chi connectivity index (χ1v) is 10.5. The largest absolute Gasteiger partial charge is 0.486 e. The lowest BCUT2D eigenvalue weighted by atomic mass is 10.0. The number of benzene rings is 1. The Morgan fingerprint density at radius 2 is 1.89 bits per heavy atom. The summed E-state index contributed by atoms with van der Waals surface area (Å²) in [6, 6.07) is 6.53. The summed E-state index contributed by atoms with van der Waals surface area (Å²) in [4.78, 5) is 16.5. The van der Waals surface area contributed by atoms with Crippen molar-refractivity contribution in [2.45, 2.75) is 58.7 Å². The maximum Gasteiger partial charge on any atom is 0.410 e. The van der Waals surface area contributed by atoms with Crippen molar-refractivity contribution in [3.63, 3.8) is 0 Å². The van der Waals surface area contributed by atoms with Crippen LogP contribution < -0.4 is 15.0 Å². The Kier molecular flexibility index (Phi) is 6.38. The van der Waals surface area contributed by atoms with Crippen LogP contribution in [-0.4, -0.2) is 62.0 Å². The molecule has 2 aliphatic rings. The van der Waals surface area contributed by atoms with E-state index in [-0.39, 0.29) is 12.2 Å². The number of nitrogens with one attached hydrogen (secondary N) is 1. The molecule has 1 unspecified atom stereocenters. The van der Waals surface area contributed by atoms with Crippen molar-refractivity contribution in [1.29, 1.82) is 0 Å². The SMILES string of the molecule is CC(C)c1ccc(OC2CCN(C(=O)OC(C)(C)C)C2)c(N2CCNCC2)c1. The Hall–Kier alpha value is -1.95. The van der Waals surface area contributed by atoms with Crippen LogP contribution in [0.25, 0.3) is 0 Å². The highest BCUT2D eigenvalue weighted by molar-refractivity contribution is 5.68. The number of amides is 1. The van der Waals surface area contributed by atoms with E-state index in [2.05, 4.69) is 42.3 Å². The molecule has 0 radical (unpaired) electrons. The van der Waals surface area contributed by atoms with E-state index in [0.29, 0.717) is 19.0 Å². The van der Waals surface area contributed by atoms with Gasteiger partial charge in [0.1, 0.15) is 17.5 Å². The predicted octanol–water partition coefficient (Wildman–Crippen LogP) is 3.61. The molecule has 6 heteroatoms. The van der Waals surface area contributed by atoms with Gasteiger partial charge in [0.15, 0.2) is 0 Å². The number of rotatable bonds is 4. The second-order valence-electron chi connectivity index (χ2n) is 9.07. The van der Waals surface area contributed by atoms with Gasteiger partial charge < -0.3 is 24.6 Å². The Bertz CT molecular complexity index is 678. The van der Waals surface area contributed by atoms with Crippen LogP contribution in [0.15, 0.2) is 18.2 Å². The quantitative estimate of drug-likeness (QED) is 0.853. The van der Waals surface area contributed by atoms with E-state index in [1.165, 1.54) is 11.3 Å². The van der Waals surface area contributed by atoms with Gasteiger partial charge in [0.25, 0.3) is 0 Å². The molecule has 0 aromatic heterocycles. The molecule has 0 aliphatic carbocycles. The van der Waals surface area contributed by atoms with Gasteiger partial charge in [-0.3, -0.25) is 0 Å². The first kappa shape index (κ1) is 20.8. The summed E-state index contributed by atoms with van der Waals surface area (Å²) in [7, 11) is 0. The molecule has 1 aromatic carbocycles. The second-order valence-corrected chi connectivity index (χ2v) is 9.07. The van der Waals surface area contributed by atoms with Gasteiger partial charge in [-0.05, 0) is 44.4 Å². The highest BCUT2D eigenvalue weighted by atomic mass is 16.6. The van der Waals surface area contributed by atoms with Gasteiger partial charge in [-0.2, -0.15) is 0 Å². The number of nitrogens with zero attached hydrogens (tertiary/aromatic N) is 2. The molecule has 1 N–H and O–H groups in total. The fourth-order valence-corrected chi connectivity index (χ4v) is 3.64. The Labute approximate surface area is 169 Å². The van der Waals surface area contributed by atoms with Gasteiger partial charge in [0.05, 0.1) is 12.2 Å². The highest BCUT2D eigenvalue weighted by Gasteiger charge is 2.31. The summed E-state index contributed by atoms with van der Waals surface area (Å²) in [5.74, 6) is 1.40. The third-order valence-electron chi connectivity index (χ3n) is 5.20. The molecule has 2 saturated heterocycles. The van der Waals surface area contributed by atoms with Gasteiger partial charge in [-0.15, -0.1) is 0 Å². The third-order valence-corrected chi connectivity index (χ3v) is 5.20. The van der Waals surface area contributed by atoms with Crippen LogP contribution in [0, 0.1) is 0 Å². The van der Waals surface area contributed by atoms with E-state index in [1.54, 1.807) is 4.90 Å². The number of ether oxygens (including phenoxy) is 2. The molecule has 1 atom stereocenters. The number of hydrogen-bond donors (Lipinski definition) is 1. The standard InChI is InChI=1S/C22H35N3O3/c1-16(2)17-6-7-20(19(14-17)24-12-9-23-10-13-24)27-18-8-11-25(15-18)21(26)28-22(3,4)5/h6-7,14,16,18,23H,8-13,15H2,1-5H3. The van der Waals surface area contributed by atoms with Crippen LogP contribution in [0.4, 0.5) is 10.5 Å². The van der Waals surface area contributed by atoms with Crippen LogP contribution in [0.5, 0.6) is 5.75 Å². The van der Waals surface area contributed by atoms with Gasteiger partial charge in [0.2, 0.25) is 0 Å². The average Bonchev–Trinajstić information content (AvgIpc) is 3.10. The Morgan fingerprint density at radius 1 is 1.18 bits per heavy atom. The fraction of sp³-hybridized carbons (Fsp3) is 0.682. The molecule has 2 aliphatic heterocycles. The van der Waals surface area contributed by atoms with Gasteiger partial charge in [-0.1, -0.05) is 19.9 Å². The number of carbonyl (C=O) groups excluding carboxylic acids is 1. The maximum absolute atomic E-state index is 12.3. The van der Waals surface area contributed by atoms with Crippen LogP contribution in [-0.2, 0) is 4.74 Å². The van der Waals surface area contributed by atoms with E-state index >= 15 is 0 Å². The summed E-state index contributed by atoms with van der Waals surface area (Å²) >= 11 is 0. The molecular weight excluding hydrogens is 354 g/mol.